The molecule has 0 amide bonds. The van der Waals surface area contributed by atoms with E-state index in [0.717, 1.165) is 33.5 Å². The molecule has 5 rings (SSSR count). The van der Waals surface area contributed by atoms with Crippen LogP contribution in [-0.4, -0.2) is 19.9 Å². The van der Waals surface area contributed by atoms with Gasteiger partial charge in [0.25, 0.3) is 0 Å². The maximum atomic E-state index is 9.09. The molecule has 0 spiro atoms. The predicted octanol–water partition coefficient (Wildman–Crippen LogP) is 4.86. The fraction of sp³-hybridized carbons (Fsp3) is 0.0870. The highest BCUT2D eigenvalue weighted by atomic mass is 15.1. The molecule has 4 N–H and O–H groups in total. The lowest BCUT2D eigenvalue weighted by Crippen LogP contribution is -2.04. The Morgan fingerprint density at radius 3 is 2.93 bits per heavy atom. The molecule has 0 atom stereocenters. The van der Waals surface area contributed by atoms with Crippen LogP contribution in [0.5, 0.6) is 0 Å². The molecule has 146 valence electrons. The van der Waals surface area contributed by atoms with Crippen LogP contribution in [0, 0.1) is 11.3 Å². The molecule has 30 heavy (non-hydrogen) atoms. The van der Waals surface area contributed by atoms with E-state index in [1.165, 1.54) is 10.9 Å². The van der Waals surface area contributed by atoms with E-state index in [-0.39, 0.29) is 0 Å². The Kier molecular flexibility index (Phi) is 4.50. The van der Waals surface area contributed by atoms with Crippen molar-refractivity contribution in [2.75, 3.05) is 10.6 Å². The van der Waals surface area contributed by atoms with E-state index in [0.29, 0.717) is 18.9 Å². The fourth-order valence-electron chi connectivity index (χ4n) is 3.63. The lowest BCUT2D eigenvalue weighted by Gasteiger charge is -2.10. The summed E-state index contributed by atoms with van der Waals surface area (Å²) in [5.41, 5.74) is 5.09. The zero-order valence-corrected chi connectivity index (χ0v) is 16.1. The van der Waals surface area contributed by atoms with Crippen molar-refractivity contribution in [2.45, 2.75) is 13.0 Å². The molecule has 7 heteroatoms. The molecule has 3 aromatic heterocycles. The number of hydrogen-bond donors (Lipinski definition) is 4. The quantitative estimate of drug-likeness (QED) is 0.330. The second kappa shape index (κ2) is 7.60. The Hall–Kier alpha value is -4.31. The Labute approximate surface area is 172 Å². The van der Waals surface area contributed by atoms with Crippen molar-refractivity contribution in [2.24, 2.45) is 0 Å². The van der Waals surface area contributed by atoms with Crippen molar-refractivity contribution in [3.63, 3.8) is 0 Å². The van der Waals surface area contributed by atoms with Crippen molar-refractivity contribution >= 4 is 39.3 Å². The van der Waals surface area contributed by atoms with E-state index in [1.54, 1.807) is 6.20 Å². The molecule has 3 heterocycles. The van der Waals surface area contributed by atoms with Gasteiger partial charge >= 0.3 is 0 Å². The number of rotatable bonds is 6. The van der Waals surface area contributed by atoms with Crippen molar-refractivity contribution in [3.05, 3.63) is 78.2 Å². The van der Waals surface area contributed by atoms with Gasteiger partial charge in [0.2, 0.25) is 5.95 Å². The van der Waals surface area contributed by atoms with Crippen LogP contribution in [0.3, 0.4) is 0 Å². The molecular formula is C23H19N7. The van der Waals surface area contributed by atoms with Crippen molar-refractivity contribution in [1.82, 2.24) is 19.9 Å². The van der Waals surface area contributed by atoms with Crippen LogP contribution in [0.15, 0.2) is 67.1 Å². The maximum Gasteiger partial charge on any atom is 0.229 e. The first-order valence-corrected chi connectivity index (χ1v) is 9.66. The third-order valence-corrected chi connectivity index (χ3v) is 5.05. The smallest absolute Gasteiger partial charge is 0.229 e. The lowest BCUT2D eigenvalue weighted by molar-refractivity contribution is 1.09. The summed E-state index contributed by atoms with van der Waals surface area (Å²) < 4.78 is 0. The van der Waals surface area contributed by atoms with Gasteiger partial charge in [-0.05, 0) is 52.9 Å². The standard InChI is InChI=1S/C23H19N7/c24-9-6-17-14-27-19-2-1-3-20(22(17)19)29-23-26-11-8-21(30-23)28-13-15-4-5-18-16(12-15)7-10-25-18/h1-5,7-8,10-12,14,25,27H,6,13H2,(H2,26,28,29,30). The normalized spacial score (nSPS) is 10.9. The van der Waals surface area contributed by atoms with Gasteiger partial charge in [0, 0.05) is 41.6 Å². The molecule has 0 aliphatic carbocycles. The van der Waals surface area contributed by atoms with Crippen LogP contribution in [0.4, 0.5) is 17.5 Å². The van der Waals surface area contributed by atoms with E-state index in [9.17, 15) is 0 Å². The van der Waals surface area contributed by atoms with E-state index in [2.05, 4.69) is 60.9 Å². The highest BCUT2D eigenvalue weighted by Gasteiger charge is 2.10. The van der Waals surface area contributed by atoms with Gasteiger partial charge in [0.05, 0.1) is 18.2 Å². The zero-order chi connectivity index (χ0) is 20.3. The number of nitrogens with zero attached hydrogens (tertiary/aromatic N) is 3. The second-order valence-corrected chi connectivity index (χ2v) is 7.02. The Bertz CT molecular complexity index is 1370. The largest absolute Gasteiger partial charge is 0.366 e. The summed E-state index contributed by atoms with van der Waals surface area (Å²) in [6.07, 6.45) is 5.88. The summed E-state index contributed by atoms with van der Waals surface area (Å²) in [5, 5.41) is 17.9. The van der Waals surface area contributed by atoms with Crippen molar-refractivity contribution in [3.8, 4) is 6.07 Å². The van der Waals surface area contributed by atoms with Gasteiger partial charge in [-0.3, -0.25) is 0 Å². The van der Waals surface area contributed by atoms with Crippen molar-refractivity contribution in [1.29, 1.82) is 5.26 Å². The van der Waals surface area contributed by atoms with Gasteiger partial charge in [0.1, 0.15) is 5.82 Å². The monoisotopic (exact) mass is 393 g/mol. The zero-order valence-electron chi connectivity index (χ0n) is 16.1. The summed E-state index contributed by atoms with van der Waals surface area (Å²) in [5.74, 6) is 1.23. The molecule has 2 aromatic carbocycles. The summed E-state index contributed by atoms with van der Waals surface area (Å²) in [7, 11) is 0. The van der Waals surface area contributed by atoms with Gasteiger partial charge in [-0.2, -0.15) is 10.2 Å². The number of nitriles is 1. The van der Waals surface area contributed by atoms with Gasteiger partial charge in [-0.15, -0.1) is 0 Å². The third-order valence-electron chi connectivity index (χ3n) is 5.05. The molecule has 0 fully saturated rings. The molecule has 7 nitrogen and oxygen atoms in total. The minimum atomic E-state index is 0.340. The number of benzene rings is 2. The SMILES string of the molecule is N#CCc1c[nH]c2cccc(Nc3nccc(NCc4ccc5[nH]ccc5c4)n3)c12. The Balaban J connectivity index is 1.36. The first-order chi connectivity index (χ1) is 14.8. The summed E-state index contributed by atoms with van der Waals surface area (Å²) in [6, 6.07) is 18.4. The van der Waals surface area contributed by atoms with Gasteiger partial charge in [-0.25, -0.2) is 4.98 Å². The molecule has 0 radical (unpaired) electrons. The van der Waals surface area contributed by atoms with Crippen LogP contribution in [0.25, 0.3) is 21.8 Å². The summed E-state index contributed by atoms with van der Waals surface area (Å²) >= 11 is 0. The van der Waals surface area contributed by atoms with Crippen LogP contribution < -0.4 is 10.6 Å². The average Bonchev–Trinajstić information content (AvgIpc) is 3.40. The van der Waals surface area contributed by atoms with E-state index >= 15 is 0 Å². The van der Waals surface area contributed by atoms with Crippen LogP contribution >= 0.6 is 0 Å². The topological polar surface area (TPSA) is 105 Å². The molecule has 0 aliphatic heterocycles. The number of fused-ring (bicyclic) bond motifs is 2. The number of nitrogens with one attached hydrogen (secondary N) is 4. The number of anilines is 3. The lowest BCUT2D eigenvalue weighted by atomic mass is 10.1. The Morgan fingerprint density at radius 2 is 2.00 bits per heavy atom. The molecular weight excluding hydrogens is 374 g/mol. The average molecular weight is 393 g/mol. The van der Waals surface area contributed by atoms with Gasteiger partial charge in [-0.1, -0.05) is 12.1 Å². The second-order valence-electron chi connectivity index (χ2n) is 7.02. The Morgan fingerprint density at radius 1 is 1.03 bits per heavy atom. The predicted molar refractivity (Wildman–Crippen MR) is 119 cm³/mol. The van der Waals surface area contributed by atoms with Gasteiger partial charge in [0.15, 0.2) is 0 Å². The molecule has 0 saturated heterocycles. The maximum absolute atomic E-state index is 9.09. The third kappa shape index (κ3) is 3.42. The highest BCUT2D eigenvalue weighted by molar-refractivity contribution is 5.96. The molecule has 0 aliphatic rings. The molecule has 0 unspecified atom stereocenters. The first-order valence-electron chi connectivity index (χ1n) is 9.66. The first kappa shape index (κ1) is 17.8. The number of aromatic nitrogens is 4. The number of hydrogen-bond acceptors (Lipinski definition) is 5. The van der Waals surface area contributed by atoms with E-state index in [1.807, 2.05) is 36.7 Å². The van der Waals surface area contributed by atoms with Crippen LogP contribution in [-0.2, 0) is 13.0 Å². The van der Waals surface area contributed by atoms with E-state index < -0.39 is 0 Å². The summed E-state index contributed by atoms with van der Waals surface area (Å²) in [6.45, 7) is 0.664. The molecule has 0 saturated carbocycles. The van der Waals surface area contributed by atoms with Crippen LogP contribution in [0.1, 0.15) is 11.1 Å². The minimum absolute atomic E-state index is 0.340. The fourth-order valence-corrected chi connectivity index (χ4v) is 3.63. The number of aromatic amines is 2. The molecule has 5 aromatic rings. The van der Waals surface area contributed by atoms with Gasteiger partial charge < -0.3 is 20.6 Å². The van der Waals surface area contributed by atoms with Crippen LogP contribution in [0.2, 0.25) is 0 Å². The minimum Gasteiger partial charge on any atom is -0.366 e. The highest BCUT2D eigenvalue weighted by Crippen LogP contribution is 2.29. The summed E-state index contributed by atoms with van der Waals surface area (Å²) in [4.78, 5) is 15.4. The molecule has 0 bridgehead atoms. The van der Waals surface area contributed by atoms with Crippen molar-refractivity contribution < 1.29 is 0 Å². The number of H-pyrrole nitrogens is 2. The van der Waals surface area contributed by atoms with E-state index in [4.69, 9.17) is 5.26 Å².